The van der Waals surface area contributed by atoms with Crippen molar-refractivity contribution in [3.05, 3.63) is 102 Å². The lowest BCUT2D eigenvalue weighted by atomic mass is 10.0. The maximum Gasteiger partial charge on any atom is 0.304 e. The molecule has 1 unspecified atom stereocenters. The second-order valence-corrected chi connectivity index (χ2v) is 12.5. The van der Waals surface area contributed by atoms with Crippen molar-refractivity contribution in [2.24, 2.45) is 0 Å². The van der Waals surface area contributed by atoms with Gasteiger partial charge in [-0.1, -0.05) is 73.5 Å². The topological polar surface area (TPSA) is 90.0 Å². The molecular formula is C31H37FN4O4S. The number of halogens is 1. The Kier molecular flexibility index (Phi) is 10.1. The van der Waals surface area contributed by atoms with E-state index in [1.807, 2.05) is 60.7 Å². The predicted octanol–water partition coefficient (Wildman–Crippen LogP) is 4.14. The standard InChI is InChI=1S/C31H37FN4O4S/c1-34(2)41(39,40)36(28-19-17-26(32)18-20-28)23-30(37)35(22-25-13-7-4-8-14-25)29(21-24-11-5-3-6-12-24)31(38)33-27-15-9-10-16-27/h3-8,11-14,17-20,27,29H,9-10,15-16,21-23H2,1-2H3,(H,33,38). The first-order valence-corrected chi connectivity index (χ1v) is 15.2. The number of nitrogens with zero attached hydrogens (tertiary/aromatic N) is 3. The summed E-state index contributed by atoms with van der Waals surface area (Å²) in [6.45, 7) is -0.463. The minimum atomic E-state index is -4.13. The van der Waals surface area contributed by atoms with Crippen LogP contribution in [0, 0.1) is 5.82 Å². The molecule has 1 fully saturated rings. The van der Waals surface area contributed by atoms with E-state index < -0.39 is 34.5 Å². The molecule has 41 heavy (non-hydrogen) atoms. The van der Waals surface area contributed by atoms with Crippen molar-refractivity contribution in [1.29, 1.82) is 0 Å². The lowest BCUT2D eigenvalue weighted by molar-refractivity contribution is -0.140. The summed E-state index contributed by atoms with van der Waals surface area (Å²) < 4.78 is 42.4. The number of benzene rings is 3. The van der Waals surface area contributed by atoms with Crippen LogP contribution in [0.5, 0.6) is 0 Å². The van der Waals surface area contributed by atoms with Crippen LogP contribution in [-0.4, -0.2) is 62.2 Å². The van der Waals surface area contributed by atoms with E-state index in [-0.39, 0.29) is 30.6 Å². The lowest BCUT2D eigenvalue weighted by Crippen LogP contribution is -2.55. The molecule has 1 N–H and O–H groups in total. The Labute approximate surface area is 241 Å². The Morgan fingerprint density at radius 1 is 0.878 bits per heavy atom. The number of nitrogens with one attached hydrogen (secondary N) is 1. The SMILES string of the molecule is CN(C)S(=O)(=O)N(CC(=O)N(Cc1ccccc1)C(Cc1ccccc1)C(=O)NC1CCCC1)c1ccc(F)cc1. The molecule has 1 atom stereocenters. The molecule has 2 amide bonds. The Morgan fingerprint density at radius 3 is 2.00 bits per heavy atom. The van der Waals surface area contributed by atoms with Gasteiger partial charge in [-0.25, -0.2) is 8.70 Å². The fraction of sp³-hybridized carbons (Fsp3) is 0.355. The smallest absolute Gasteiger partial charge is 0.304 e. The van der Waals surface area contributed by atoms with Crippen LogP contribution >= 0.6 is 0 Å². The van der Waals surface area contributed by atoms with Crippen LogP contribution in [0.25, 0.3) is 0 Å². The molecule has 0 bridgehead atoms. The molecule has 3 aromatic carbocycles. The second-order valence-electron chi connectivity index (χ2n) is 10.5. The molecule has 0 saturated heterocycles. The molecule has 10 heteroatoms. The maximum atomic E-state index is 14.2. The second kappa shape index (κ2) is 13.7. The van der Waals surface area contributed by atoms with Gasteiger partial charge >= 0.3 is 10.2 Å². The highest BCUT2D eigenvalue weighted by Gasteiger charge is 2.35. The maximum absolute atomic E-state index is 14.2. The fourth-order valence-electron chi connectivity index (χ4n) is 5.03. The summed E-state index contributed by atoms with van der Waals surface area (Å²) in [6.07, 6.45) is 4.10. The van der Waals surface area contributed by atoms with Crippen LogP contribution in [-0.2, 0) is 32.8 Å². The molecule has 1 saturated carbocycles. The number of amides is 2. The summed E-state index contributed by atoms with van der Waals surface area (Å²) in [5, 5.41) is 3.15. The Bertz CT molecular complexity index is 1400. The van der Waals surface area contributed by atoms with Crippen LogP contribution < -0.4 is 9.62 Å². The molecule has 1 aliphatic carbocycles. The highest BCUT2D eigenvalue weighted by atomic mass is 32.2. The van der Waals surface area contributed by atoms with Gasteiger partial charge in [0.25, 0.3) is 0 Å². The summed E-state index contributed by atoms with van der Waals surface area (Å²) in [6, 6.07) is 22.8. The molecule has 218 valence electrons. The van der Waals surface area contributed by atoms with Gasteiger partial charge < -0.3 is 10.2 Å². The highest BCUT2D eigenvalue weighted by Crippen LogP contribution is 2.23. The summed E-state index contributed by atoms with van der Waals surface area (Å²) in [5.41, 5.74) is 1.82. The largest absolute Gasteiger partial charge is 0.352 e. The van der Waals surface area contributed by atoms with Gasteiger partial charge in [-0.3, -0.25) is 9.59 Å². The van der Waals surface area contributed by atoms with Crippen molar-refractivity contribution in [2.75, 3.05) is 24.9 Å². The first kappa shape index (κ1) is 30.2. The zero-order chi connectivity index (χ0) is 29.4. The monoisotopic (exact) mass is 580 g/mol. The van der Waals surface area contributed by atoms with Gasteiger partial charge in [0.15, 0.2) is 0 Å². The van der Waals surface area contributed by atoms with Crippen LogP contribution in [0.4, 0.5) is 10.1 Å². The molecular weight excluding hydrogens is 543 g/mol. The number of anilines is 1. The van der Waals surface area contributed by atoms with Crippen molar-refractivity contribution in [3.63, 3.8) is 0 Å². The minimum absolute atomic E-state index is 0.0410. The van der Waals surface area contributed by atoms with Crippen LogP contribution in [0.15, 0.2) is 84.9 Å². The highest BCUT2D eigenvalue weighted by molar-refractivity contribution is 7.90. The van der Waals surface area contributed by atoms with E-state index in [1.165, 1.54) is 31.1 Å². The molecule has 0 heterocycles. The van der Waals surface area contributed by atoms with Gasteiger partial charge in [0.1, 0.15) is 18.4 Å². The molecule has 4 rings (SSSR count). The Balaban J connectivity index is 1.73. The molecule has 0 aromatic heterocycles. The number of hydrogen-bond donors (Lipinski definition) is 1. The number of rotatable bonds is 12. The van der Waals surface area contributed by atoms with E-state index in [1.54, 1.807) is 0 Å². The predicted molar refractivity (Wildman–Crippen MR) is 158 cm³/mol. The van der Waals surface area contributed by atoms with Gasteiger partial charge in [0.05, 0.1) is 5.69 Å². The van der Waals surface area contributed by atoms with E-state index in [0.29, 0.717) is 0 Å². The third-order valence-electron chi connectivity index (χ3n) is 7.30. The van der Waals surface area contributed by atoms with Gasteiger partial charge in [-0.15, -0.1) is 0 Å². The van der Waals surface area contributed by atoms with Crippen molar-refractivity contribution in [2.45, 2.75) is 50.7 Å². The summed E-state index contributed by atoms with van der Waals surface area (Å²) >= 11 is 0. The van der Waals surface area contributed by atoms with Crippen molar-refractivity contribution >= 4 is 27.7 Å². The van der Waals surface area contributed by atoms with E-state index in [2.05, 4.69) is 5.32 Å². The third kappa shape index (κ3) is 7.92. The lowest BCUT2D eigenvalue weighted by Gasteiger charge is -2.35. The van der Waals surface area contributed by atoms with Crippen LogP contribution in [0.2, 0.25) is 0 Å². The van der Waals surface area contributed by atoms with E-state index >= 15 is 0 Å². The van der Waals surface area contributed by atoms with E-state index in [4.69, 9.17) is 0 Å². The Morgan fingerprint density at radius 2 is 1.44 bits per heavy atom. The van der Waals surface area contributed by atoms with E-state index in [0.717, 1.165) is 57.6 Å². The summed E-state index contributed by atoms with van der Waals surface area (Å²) in [4.78, 5) is 29.5. The zero-order valence-electron chi connectivity index (χ0n) is 23.4. The molecule has 1 aliphatic rings. The van der Waals surface area contributed by atoms with Gasteiger partial charge in [0.2, 0.25) is 11.8 Å². The number of carbonyl (C=O) groups is 2. The average Bonchev–Trinajstić information content (AvgIpc) is 3.48. The average molecular weight is 581 g/mol. The van der Waals surface area contributed by atoms with Gasteiger partial charge in [0, 0.05) is 33.1 Å². The minimum Gasteiger partial charge on any atom is -0.352 e. The first-order chi connectivity index (χ1) is 19.6. The van der Waals surface area contributed by atoms with Crippen molar-refractivity contribution < 1.29 is 22.4 Å². The van der Waals surface area contributed by atoms with Crippen molar-refractivity contribution in [1.82, 2.24) is 14.5 Å². The quantitative estimate of drug-likeness (QED) is 0.349. The molecule has 0 spiro atoms. The summed E-state index contributed by atoms with van der Waals surface area (Å²) in [7, 11) is -1.40. The molecule has 0 aliphatic heterocycles. The molecule has 0 radical (unpaired) electrons. The fourth-order valence-corrected chi connectivity index (χ4v) is 6.08. The van der Waals surface area contributed by atoms with E-state index in [9.17, 15) is 22.4 Å². The number of carbonyl (C=O) groups excluding carboxylic acids is 2. The van der Waals surface area contributed by atoms with Crippen molar-refractivity contribution in [3.8, 4) is 0 Å². The van der Waals surface area contributed by atoms with Gasteiger partial charge in [-0.2, -0.15) is 12.7 Å². The van der Waals surface area contributed by atoms with Crippen LogP contribution in [0.3, 0.4) is 0 Å². The van der Waals surface area contributed by atoms with Crippen LogP contribution in [0.1, 0.15) is 36.8 Å². The Hall–Kier alpha value is -3.76. The summed E-state index contributed by atoms with van der Waals surface area (Å²) in [5.74, 6) is -1.35. The first-order valence-electron chi connectivity index (χ1n) is 13.8. The normalized spacial score (nSPS) is 14.5. The molecule has 8 nitrogen and oxygen atoms in total. The number of hydrogen-bond acceptors (Lipinski definition) is 4. The third-order valence-corrected chi connectivity index (χ3v) is 9.12. The zero-order valence-corrected chi connectivity index (χ0v) is 24.3. The van der Waals surface area contributed by atoms with Gasteiger partial charge in [-0.05, 0) is 48.2 Å². The molecule has 3 aromatic rings.